The van der Waals surface area contributed by atoms with Gasteiger partial charge in [0.2, 0.25) is 0 Å². The Bertz CT molecular complexity index is 1400. The minimum atomic E-state index is -4.52. The number of halogens is 4. The third-order valence-electron chi connectivity index (χ3n) is 6.49. The fourth-order valence-corrected chi connectivity index (χ4v) is 4.32. The zero-order valence-electron chi connectivity index (χ0n) is 22.3. The monoisotopic (exact) mass is 572 g/mol. The van der Waals surface area contributed by atoms with Crippen LogP contribution in [0.3, 0.4) is 0 Å². The molecule has 41 heavy (non-hydrogen) atoms. The molecule has 4 rings (SSSR count). The SMILES string of the molecule is COCCN(CC(=O)N1N=C(c2ccccc2F)C[C@H]1c1ccc(OC)cc1)C(=O)Nc1ccc(C(F)(F)F)cc1. The first-order valence-electron chi connectivity index (χ1n) is 12.6. The molecule has 0 fully saturated rings. The highest BCUT2D eigenvalue weighted by Gasteiger charge is 2.35. The van der Waals surface area contributed by atoms with Gasteiger partial charge in [-0.3, -0.25) is 4.79 Å². The number of urea groups is 1. The third-order valence-corrected chi connectivity index (χ3v) is 6.49. The fourth-order valence-electron chi connectivity index (χ4n) is 4.32. The number of hydrazone groups is 1. The third kappa shape index (κ3) is 7.20. The van der Waals surface area contributed by atoms with E-state index in [0.29, 0.717) is 11.5 Å². The van der Waals surface area contributed by atoms with Crippen molar-refractivity contribution in [2.45, 2.75) is 18.6 Å². The number of alkyl halides is 3. The average Bonchev–Trinajstić information content (AvgIpc) is 3.40. The van der Waals surface area contributed by atoms with Gasteiger partial charge in [-0.2, -0.15) is 18.3 Å². The van der Waals surface area contributed by atoms with Crippen LogP contribution in [0.1, 0.15) is 29.2 Å². The lowest BCUT2D eigenvalue weighted by molar-refractivity contribution is -0.137. The number of amides is 3. The predicted octanol–water partition coefficient (Wildman–Crippen LogP) is 5.71. The number of carbonyl (C=O) groups is 2. The summed E-state index contributed by atoms with van der Waals surface area (Å²) in [5.41, 5.74) is 0.624. The van der Waals surface area contributed by atoms with E-state index in [-0.39, 0.29) is 30.8 Å². The Morgan fingerprint density at radius 3 is 2.32 bits per heavy atom. The van der Waals surface area contributed by atoms with Crippen LogP contribution in [0.4, 0.5) is 28.0 Å². The van der Waals surface area contributed by atoms with Crippen molar-refractivity contribution < 1.29 is 36.6 Å². The van der Waals surface area contributed by atoms with Crippen LogP contribution < -0.4 is 10.1 Å². The van der Waals surface area contributed by atoms with Gasteiger partial charge in [0.15, 0.2) is 0 Å². The molecule has 0 aliphatic carbocycles. The van der Waals surface area contributed by atoms with Crippen LogP contribution in [-0.4, -0.2) is 61.5 Å². The molecule has 3 amide bonds. The van der Waals surface area contributed by atoms with E-state index in [1.807, 2.05) is 0 Å². The van der Waals surface area contributed by atoms with Gasteiger partial charge in [-0.05, 0) is 48.0 Å². The summed E-state index contributed by atoms with van der Waals surface area (Å²) in [5.74, 6) is -0.409. The van der Waals surface area contributed by atoms with E-state index < -0.39 is 42.1 Å². The lowest BCUT2D eigenvalue weighted by Gasteiger charge is -2.27. The number of nitrogens with one attached hydrogen (secondary N) is 1. The molecule has 1 aliphatic heterocycles. The summed E-state index contributed by atoms with van der Waals surface area (Å²) in [6.07, 6.45) is -4.29. The Morgan fingerprint density at radius 1 is 1.02 bits per heavy atom. The molecular formula is C29H28F4N4O4. The van der Waals surface area contributed by atoms with Crippen molar-refractivity contribution in [1.82, 2.24) is 9.91 Å². The van der Waals surface area contributed by atoms with Gasteiger partial charge in [0.1, 0.15) is 18.1 Å². The molecular weight excluding hydrogens is 544 g/mol. The standard InChI is InChI=1S/C29H28F4N4O4/c1-40-16-15-36(28(39)34-21-11-9-20(10-12-21)29(31,32)33)18-27(38)37-26(19-7-13-22(41-2)14-8-19)17-25(35-37)23-5-3-4-6-24(23)30/h3-14,26H,15-18H2,1-2H3,(H,34,39)/t26-/m0/s1. The van der Waals surface area contributed by atoms with Gasteiger partial charge >= 0.3 is 12.2 Å². The summed E-state index contributed by atoms with van der Waals surface area (Å²) in [4.78, 5) is 27.9. The highest BCUT2D eigenvalue weighted by atomic mass is 19.4. The van der Waals surface area contributed by atoms with Gasteiger partial charge in [0.25, 0.3) is 5.91 Å². The second-order valence-electron chi connectivity index (χ2n) is 9.18. The maximum Gasteiger partial charge on any atom is 0.416 e. The molecule has 8 nitrogen and oxygen atoms in total. The highest BCUT2D eigenvalue weighted by Crippen LogP contribution is 2.34. The van der Waals surface area contributed by atoms with Crippen molar-refractivity contribution in [2.24, 2.45) is 5.10 Å². The molecule has 0 aromatic heterocycles. The second kappa shape index (κ2) is 12.8. The van der Waals surface area contributed by atoms with Crippen LogP contribution in [0.25, 0.3) is 0 Å². The number of nitrogens with zero attached hydrogens (tertiary/aromatic N) is 3. The maximum absolute atomic E-state index is 14.6. The Kier molecular flexibility index (Phi) is 9.23. The molecule has 216 valence electrons. The van der Waals surface area contributed by atoms with Gasteiger partial charge in [0.05, 0.1) is 31.0 Å². The van der Waals surface area contributed by atoms with Crippen LogP contribution in [0, 0.1) is 5.82 Å². The largest absolute Gasteiger partial charge is 0.497 e. The Morgan fingerprint density at radius 2 is 1.71 bits per heavy atom. The average molecular weight is 573 g/mol. The van der Waals surface area contributed by atoms with Crippen LogP contribution in [0.2, 0.25) is 0 Å². The van der Waals surface area contributed by atoms with Crippen LogP contribution in [0.15, 0.2) is 77.9 Å². The summed E-state index contributed by atoms with van der Waals surface area (Å²) in [6.45, 7) is -0.310. The summed E-state index contributed by atoms with van der Waals surface area (Å²) >= 11 is 0. The highest BCUT2D eigenvalue weighted by molar-refractivity contribution is 6.03. The van der Waals surface area contributed by atoms with Crippen LogP contribution in [-0.2, 0) is 15.7 Å². The molecule has 0 spiro atoms. The summed E-state index contributed by atoms with van der Waals surface area (Å²) in [5, 5.41) is 8.21. The molecule has 1 atom stereocenters. The van der Waals surface area contributed by atoms with Gasteiger partial charge in [-0.25, -0.2) is 14.2 Å². The van der Waals surface area contributed by atoms with E-state index in [0.717, 1.165) is 29.8 Å². The predicted molar refractivity (Wildman–Crippen MR) is 144 cm³/mol. The van der Waals surface area contributed by atoms with E-state index in [4.69, 9.17) is 9.47 Å². The smallest absolute Gasteiger partial charge is 0.416 e. The van der Waals surface area contributed by atoms with E-state index in [9.17, 15) is 27.2 Å². The Hall–Kier alpha value is -4.45. The molecule has 0 unspecified atom stereocenters. The first-order chi connectivity index (χ1) is 19.6. The maximum atomic E-state index is 14.6. The number of hydrogen-bond acceptors (Lipinski definition) is 5. The molecule has 0 radical (unpaired) electrons. The zero-order valence-corrected chi connectivity index (χ0v) is 22.3. The van der Waals surface area contributed by atoms with E-state index >= 15 is 0 Å². The number of anilines is 1. The number of rotatable bonds is 9. The van der Waals surface area contributed by atoms with Gasteiger partial charge in [0, 0.05) is 31.3 Å². The molecule has 1 heterocycles. The van der Waals surface area contributed by atoms with Crippen molar-refractivity contribution >= 4 is 23.3 Å². The first-order valence-corrected chi connectivity index (χ1v) is 12.6. The van der Waals surface area contributed by atoms with Crippen molar-refractivity contribution in [1.29, 1.82) is 0 Å². The van der Waals surface area contributed by atoms with Crippen molar-refractivity contribution in [2.75, 3.05) is 39.2 Å². The summed E-state index contributed by atoms with van der Waals surface area (Å²) in [7, 11) is 2.96. The Labute approximate surface area is 234 Å². The van der Waals surface area contributed by atoms with Crippen molar-refractivity contribution in [3.05, 3.63) is 95.3 Å². The number of benzene rings is 3. The van der Waals surface area contributed by atoms with Crippen LogP contribution >= 0.6 is 0 Å². The number of methoxy groups -OCH3 is 2. The molecule has 1 aliphatic rings. The number of hydrogen-bond donors (Lipinski definition) is 1. The number of ether oxygens (including phenoxy) is 2. The number of carbonyl (C=O) groups excluding carboxylic acids is 2. The van der Waals surface area contributed by atoms with E-state index in [2.05, 4.69) is 10.4 Å². The molecule has 0 saturated heterocycles. The quantitative estimate of drug-likeness (QED) is 0.333. The minimum absolute atomic E-state index is 0.0135. The molecule has 1 N–H and O–H groups in total. The van der Waals surface area contributed by atoms with E-state index in [1.54, 1.807) is 42.5 Å². The molecule has 0 bridgehead atoms. The van der Waals surface area contributed by atoms with E-state index in [1.165, 1.54) is 30.2 Å². The molecule has 3 aromatic carbocycles. The fraction of sp³-hybridized carbons (Fsp3) is 0.276. The normalized spacial score (nSPS) is 14.9. The lowest BCUT2D eigenvalue weighted by Crippen LogP contribution is -2.44. The second-order valence-corrected chi connectivity index (χ2v) is 9.18. The molecule has 12 heteroatoms. The minimum Gasteiger partial charge on any atom is -0.497 e. The van der Waals surface area contributed by atoms with Crippen molar-refractivity contribution in [3.63, 3.8) is 0 Å². The molecule has 3 aromatic rings. The van der Waals surface area contributed by atoms with Gasteiger partial charge in [-0.1, -0.05) is 30.3 Å². The molecule has 0 saturated carbocycles. The summed E-state index contributed by atoms with van der Waals surface area (Å²) in [6, 6.07) is 15.8. The summed E-state index contributed by atoms with van der Waals surface area (Å²) < 4.78 is 63.6. The topological polar surface area (TPSA) is 83.5 Å². The van der Waals surface area contributed by atoms with Gasteiger partial charge in [-0.15, -0.1) is 0 Å². The van der Waals surface area contributed by atoms with Crippen molar-refractivity contribution in [3.8, 4) is 5.75 Å². The first kappa shape index (κ1) is 29.5. The lowest BCUT2D eigenvalue weighted by atomic mass is 9.98. The van der Waals surface area contributed by atoms with Crippen LogP contribution in [0.5, 0.6) is 5.75 Å². The Balaban J connectivity index is 1.57. The van der Waals surface area contributed by atoms with Gasteiger partial charge < -0.3 is 19.7 Å². The zero-order chi connectivity index (χ0) is 29.6.